The van der Waals surface area contributed by atoms with Crippen molar-refractivity contribution in [3.8, 4) is 0 Å². The number of nitrogens with one attached hydrogen (secondary N) is 1. The van der Waals surface area contributed by atoms with Crippen LogP contribution in [0.3, 0.4) is 0 Å². The van der Waals surface area contributed by atoms with E-state index in [9.17, 15) is 0 Å². The first-order valence-corrected chi connectivity index (χ1v) is 7.62. The molecule has 1 saturated heterocycles. The Kier molecular flexibility index (Phi) is 4.68. The van der Waals surface area contributed by atoms with Gasteiger partial charge in [-0.2, -0.15) is 0 Å². The summed E-state index contributed by atoms with van der Waals surface area (Å²) >= 11 is 0. The van der Waals surface area contributed by atoms with Crippen molar-refractivity contribution in [2.24, 2.45) is 5.41 Å². The number of hydrogen-bond acceptors (Lipinski definition) is 3. The molecular formula is C15H30N2O. The van der Waals surface area contributed by atoms with Gasteiger partial charge < -0.3 is 10.1 Å². The van der Waals surface area contributed by atoms with Crippen molar-refractivity contribution in [2.45, 2.75) is 52.0 Å². The molecule has 0 radical (unpaired) electrons. The molecule has 1 N–H and O–H groups in total. The zero-order chi connectivity index (χ0) is 13.1. The van der Waals surface area contributed by atoms with E-state index in [1.165, 1.54) is 38.8 Å². The van der Waals surface area contributed by atoms with Crippen molar-refractivity contribution in [1.29, 1.82) is 0 Å². The second kappa shape index (κ2) is 5.89. The number of hydrogen-bond donors (Lipinski definition) is 1. The first-order valence-electron chi connectivity index (χ1n) is 7.62. The number of rotatable bonds is 5. The third-order valence-electron chi connectivity index (χ3n) is 4.76. The molecule has 2 fully saturated rings. The lowest BCUT2D eigenvalue weighted by Crippen LogP contribution is -2.57. The highest BCUT2D eigenvalue weighted by molar-refractivity contribution is 4.94. The van der Waals surface area contributed by atoms with Crippen LogP contribution in [0, 0.1) is 5.41 Å². The van der Waals surface area contributed by atoms with Crippen molar-refractivity contribution in [2.75, 3.05) is 39.4 Å². The SMILES string of the molecule is CCNCC1(CN2CCOCC2(C)C)CCCC1. The molecule has 0 aromatic rings. The minimum Gasteiger partial charge on any atom is -0.378 e. The van der Waals surface area contributed by atoms with E-state index in [0.29, 0.717) is 5.41 Å². The first-order chi connectivity index (χ1) is 8.58. The van der Waals surface area contributed by atoms with Gasteiger partial charge in [-0.05, 0) is 38.6 Å². The Morgan fingerprint density at radius 1 is 1.22 bits per heavy atom. The molecule has 0 atom stereocenters. The van der Waals surface area contributed by atoms with E-state index in [0.717, 1.165) is 26.3 Å². The maximum atomic E-state index is 5.64. The van der Waals surface area contributed by atoms with Gasteiger partial charge in [0.05, 0.1) is 13.2 Å². The van der Waals surface area contributed by atoms with Crippen molar-refractivity contribution in [3.63, 3.8) is 0 Å². The zero-order valence-corrected chi connectivity index (χ0v) is 12.4. The molecule has 2 aliphatic rings. The fourth-order valence-corrected chi connectivity index (χ4v) is 3.49. The van der Waals surface area contributed by atoms with Crippen molar-refractivity contribution in [1.82, 2.24) is 10.2 Å². The molecule has 1 heterocycles. The van der Waals surface area contributed by atoms with E-state index in [-0.39, 0.29) is 5.54 Å². The standard InChI is InChI=1S/C15H30N2O/c1-4-16-11-15(7-5-6-8-15)12-17-9-10-18-13-14(17,2)3/h16H,4-13H2,1-3H3. The van der Waals surface area contributed by atoms with E-state index in [1.54, 1.807) is 0 Å². The number of nitrogens with zero attached hydrogens (tertiary/aromatic N) is 1. The maximum absolute atomic E-state index is 5.64. The Hall–Kier alpha value is -0.120. The molecule has 0 bridgehead atoms. The van der Waals surface area contributed by atoms with Gasteiger partial charge in [-0.15, -0.1) is 0 Å². The van der Waals surface area contributed by atoms with Crippen LogP contribution in [-0.4, -0.2) is 49.8 Å². The molecule has 0 aromatic carbocycles. The predicted octanol–water partition coefficient (Wildman–Crippen LogP) is 2.27. The second-order valence-corrected chi connectivity index (χ2v) is 6.77. The lowest BCUT2D eigenvalue weighted by atomic mass is 9.83. The topological polar surface area (TPSA) is 24.5 Å². The van der Waals surface area contributed by atoms with Crippen molar-refractivity contribution in [3.05, 3.63) is 0 Å². The Morgan fingerprint density at radius 3 is 2.56 bits per heavy atom. The zero-order valence-electron chi connectivity index (χ0n) is 12.4. The largest absolute Gasteiger partial charge is 0.378 e. The summed E-state index contributed by atoms with van der Waals surface area (Å²) in [6.45, 7) is 13.3. The highest BCUT2D eigenvalue weighted by atomic mass is 16.5. The molecule has 0 unspecified atom stereocenters. The molecule has 3 heteroatoms. The van der Waals surface area contributed by atoms with Gasteiger partial charge in [0.2, 0.25) is 0 Å². The molecule has 0 aromatic heterocycles. The highest BCUT2D eigenvalue weighted by Gasteiger charge is 2.40. The van der Waals surface area contributed by atoms with E-state index in [4.69, 9.17) is 4.74 Å². The summed E-state index contributed by atoms with van der Waals surface area (Å²) in [5.74, 6) is 0. The fraction of sp³-hybridized carbons (Fsp3) is 1.00. The normalized spacial score (nSPS) is 27.5. The lowest BCUT2D eigenvalue weighted by molar-refractivity contribution is -0.0675. The Bertz CT molecular complexity index is 259. The second-order valence-electron chi connectivity index (χ2n) is 6.77. The fourth-order valence-electron chi connectivity index (χ4n) is 3.49. The monoisotopic (exact) mass is 254 g/mol. The van der Waals surface area contributed by atoms with E-state index < -0.39 is 0 Å². The molecule has 1 aliphatic carbocycles. The van der Waals surface area contributed by atoms with Crippen molar-refractivity contribution >= 4 is 0 Å². The molecule has 3 nitrogen and oxygen atoms in total. The van der Waals surface area contributed by atoms with Crippen LogP contribution in [0.25, 0.3) is 0 Å². The molecule has 106 valence electrons. The average Bonchev–Trinajstić information content (AvgIpc) is 2.79. The Morgan fingerprint density at radius 2 is 1.94 bits per heavy atom. The van der Waals surface area contributed by atoms with Gasteiger partial charge in [0, 0.05) is 25.2 Å². The van der Waals surface area contributed by atoms with Gasteiger partial charge in [0.15, 0.2) is 0 Å². The highest BCUT2D eigenvalue weighted by Crippen LogP contribution is 2.39. The summed E-state index contributed by atoms with van der Waals surface area (Å²) in [5.41, 5.74) is 0.727. The van der Waals surface area contributed by atoms with Crippen LogP contribution in [-0.2, 0) is 4.74 Å². The van der Waals surface area contributed by atoms with Crippen molar-refractivity contribution < 1.29 is 4.74 Å². The summed E-state index contributed by atoms with van der Waals surface area (Å²) in [5, 5.41) is 3.59. The van der Waals surface area contributed by atoms with E-state index in [2.05, 4.69) is 31.0 Å². The lowest BCUT2D eigenvalue weighted by Gasteiger charge is -2.46. The van der Waals surface area contributed by atoms with Gasteiger partial charge in [-0.1, -0.05) is 19.8 Å². The summed E-state index contributed by atoms with van der Waals surface area (Å²) in [4.78, 5) is 2.67. The average molecular weight is 254 g/mol. The van der Waals surface area contributed by atoms with Gasteiger partial charge in [0.25, 0.3) is 0 Å². The van der Waals surface area contributed by atoms with Crippen LogP contribution in [0.2, 0.25) is 0 Å². The molecule has 0 spiro atoms. The van der Waals surface area contributed by atoms with Gasteiger partial charge in [0.1, 0.15) is 0 Å². The van der Waals surface area contributed by atoms with Crippen LogP contribution >= 0.6 is 0 Å². The maximum Gasteiger partial charge on any atom is 0.0645 e. The summed E-state index contributed by atoms with van der Waals surface area (Å²) in [6, 6.07) is 0. The van der Waals surface area contributed by atoms with Crippen LogP contribution in [0.15, 0.2) is 0 Å². The number of morpholine rings is 1. The minimum absolute atomic E-state index is 0.208. The predicted molar refractivity (Wildman–Crippen MR) is 75.9 cm³/mol. The van der Waals surface area contributed by atoms with E-state index >= 15 is 0 Å². The minimum atomic E-state index is 0.208. The Labute approximate surface area is 112 Å². The van der Waals surface area contributed by atoms with Gasteiger partial charge >= 0.3 is 0 Å². The van der Waals surface area contributed by atoms with Crippen LogP contribution < -0.4 is 5.32 Å². The molecule has 1 saturated carbocycles. The molecule has 2 rings (SSSR count). The summed E-state index contributed by atoms with van der Waals surface area (Å²) in [6.07, 6.45) is 5.62. The molecular weight excluding hydrogens is 224 g/mol. The smallest absolute Gasteiger partial charge is 0.0645 e. The van der Waals surface area contributed by atoms with Crippen LogP contribution in [0.1, 0.15) is 46.5 Å². The quantitative estimate of drug-likeness (QED) is 0.814. The first kappa shape index (κ1) is 14.3. The Balaban J connectivity index is 1.99. The third kappa shape index (κ3) is 3.25. The summed E-state index contributed by atoms with van der Waals surface area (Å²) in [7, 11) is 0. The summed E-state index contributed by atoms with van der Waals surface area (Å²) < 4.78 is 5.64. The van der Waals surface area contributed by atoms with Crippen LogP contribution in [0.4, 0.5) is 0 Å². The molecule has 18 heavy (non-hydrogen) atoms. The molecule has 1 aliphatic heterocycles. The third-order valence-corrected chi connectivity index (χ3v) is 4.76. The number of ether oxygens (including phenoxy) is 1. The van der Waals surface area contributed by atoms with E-state index in [1.807, 2.05) is 0 Å². The van der Waals surface area contributed by atoms with Gasteiger partial charge in [-0.3, -0.25) is 4.90 Å². The van der Waals surface area contributed by atoms with Crippen LogP contribution in [0.5, 0.6) is 0 Å². The molecule has 0 amide bonds. The van der Waals surface area contributed by atoms with Gasteiger partial charge in [-0.25, -0.2) is 0 Å².